The summed E-state index contributed by atoms with van der Waals surface area (Å²) in [4.78, 5) is 12.7. The van der Waals surface area contributed by atoms with Crippen molar-refractivity contribution in [1.29, 1.82) is 0 Å². The Bertz CT molecular complexity index is 931. The minimum Gasteiger partial charge on any atom is -0.490 e. The number of carbonyl (C=O) groups excluding carboxylic acids is 1. The summed E-state index contributed by atoms with van der Waals surface area (Å²) in [5.41, 5.74) is -0.483. The fourth-order valence-electron chi connectivity index (χ4n) is 4.20. The summed E-state index contributed by atoms with van der Waals surface area (Å²) in [5.74, 6) is -3.04. The fourth-order valence-corrected chi connectivity index (χ4v) is 4.20. The molecular weight excluding hydrogens is 474 g/mol. The third-order valence-electron chi connectivity index (χ3n) is 6.36. The van der Waals surface area contributed by atoms with Crippen LogP contribution < -0.4 is 14.2 Å². The van der Waals surface area contributed by atoms with Gasteiger partial charge in [0.25, 0.3) is 0 Å². The van der Waals surface area contributed by atoms with Gasteiger partial charge in [0.15, 0.2) is 23.1 Å². The van der Waals surface area contributed by atoms with Crippen molar-refractivity contribution >= 4 is 5.97 Å². The molecule has 0 aromatic heterocycles. The van der Waals surface area contributed by atoms with Gasteiger partial charge in [-0.2, -0.15) is 4.39 Å². The van der Waals surface area contributed by atoms with Crippen LogP contribution in [0, 0.1) is 11.6 Å². The molecule has 4 nitrogen and oxygen atoms in total. The van der Waals surface area contributed by atoms with Crippen molar-refractivity contribution < 1.29 is 27.8 Å². The normalized spacial score (nSPS) is 11.8. The van der Waals surface area contributed by atoms with E-state index in [9.17, 15) is 13.6 Å². The minimum absolute atomic E-state index is 0.00327. The lowest BCUT2D eigenvalue weighted by Gasteiger charge is -2.20. The molecule has 6 heteroatoms. The molecule has 2 rings (SSSR count). The summed E-state index contributed by atoms with van der Waals surface area (Å²) in [7, 11) is 0. The van der Waals surface area contributed by atoms with Crippen molar-refractivity contribution in [2.45, 2.75) is 110 Å². The molecule has 0 fully saturated rings. The number of hydrogen-bond acceptors (Lipinski definition) is 4. The Hall–Kier alpha value is -2.63. The van der Waals surface area contributed by atoms with Gasteiger partial charge in [0.2, 0.25) is 5.82 Å². The first-order valence-electron chi connectivity index (χ1n) is 14.1. The number of hydrogen-bond donors (Lipinski definition) is 0. The Labute approximate surface area is 221 Å². The fraction of sp³-hybridized carbons (Fsp3) is 0.581. The quantitative estimate of drug-likeness (QED) is 0.106. The van der Waals surface area contributed by atoms with Crippen molar-refractivity contribution in [2.24, 2.45) is 0 Å². The lowest BCUT2D eigenvalue weighted by atomic mass is 10.1. The van der Waals surface area contributed by atoms with Crippen LogP contribution in [0.25, 0.3) is 0 Å². The van der Waals surface area contributed by atoms with Gasteiger partial charge in [0, 0.05) is 0 Å². The molecule has 0 N–H and O–H groups in total. The van der Waals surface area contributed by atoms with Crippen molar-refractivity contribution in [3.63, 3.8) is 0 Å². The Morgan fingerprint density at radius 3 is 2.03 bits per heavy atom. The topological polar surface area (TPSA) is 44.8 Å². The van der Waals surface area contributed by atoms with Crippen LogP contribution in [-0.4, -0.2) is 18.7 Å². The van der Waals surface area contributed by atoms with Crippen LogP contribution >= 0.6 is 0 Å². The van der Waals surface area contributed by atoms with E-state index in [0.29, 0.717) is 12.4 Å². The molecule has 1 atom stereocenters. The largest absolute Gasteiger partial charge is 0.490 e. The number of ether oxygens (including phenoxy) is 3. The first-order chi connectivity index (χ1) is 18.0. The average molecular weight is 519 g/mol. The molecule has 0 aliphatic heterocycles. The number of unbranched alkanes of at least 4 members (excludes halogenated alkanes) is 8. The zero-order valence-corrected chi connectivity index (χ0v) is 22.8. The van der Waals surface area contributed by atoms with Gasteiger partial charge in [0.1, 0.15) is 0 Å². The van der Waals surface area contributed by atoms with Crippen molar-refractivity contribution in [1.82, 2.24) is 0 Å². The Morgan fingerprint density at radius 1 is 0.703 bits per heavy atom. The second kappa shape index (κ2) is 17.8. The third-order valence-corrected chi connectivity index (χ3v) is 6.36. The Morgan fingerprint density at radius 2 is 1.35 bits per heavy atom. The zero-order valence-electron chi connectivity index (χ0n) is 22.8. The van der Waals surface area contributed by atoms with E-state index in [1.54, 1.807) is 24.3 Å². The van der Waals surface area contributed by atoms with E-state index in [0.717, 1.165) is 51.4 Å². The second-order valence-electron chi connectivity index (χ2n) is 9.57. The monoisotopic (exact) mass is 518 g/mol. The highest BCUT2D eigenvalue weighted by Gasteiger charge is 2.23. The van der Waals surface area contributed by atoms with Crippen LogP contribution in [0.1, 0.15) is 115 Å². The van der Waals surface area contributed by atoms with Crippen LogP contribution in [-0.2, 0) is 0 Å². The summed E-state index contributed by atoms with van der Waals surface area (Å²) in [6.45, 7) is 6.71. The van der Waals surface area contributed by atoms with E-state index < -0.39 is 23.2 Å². The number of esters is 1. The first kappa shape index (κ1) is 30.6. The number of carbonyl (C=O) groups is 1. The molecule has 0 radical (unpaired) electrons. The van der Waals surface area contributed by atoms with Crippen LogP contribution in [0.4, 0.5) is 8.78 Å². The maximum atomic E-state index is 14.8. The summed E-state index contributed by atoms with van der Waals surface area (Å²) in [5, 5.41) is 0. The smallest absolute Gasteiger partial charge is 0.346 e. The molecule has 0 heterocycles. The summed E-state index contributed by atoms with van der Waals surface area (Å²) in [6.07, 6.45) is 13.9. The van der Waals surface area contributed by atoms with Gasteiger partial charge < -0.3 is 14.2 Å². The molecule has 37 heavy (non-hydrogen) atoms. The highest BCUT2D eigenvalue weighted by atomic mass is 19.2. The molecule has 0 saturated heterocycles. The molecule has 2 aromatic rings. The summed E-state index contributed by atoms with van der Waals surface area (Å²) >= 11 is 0. The van der Waals surface area contributed by atoms with E-state index in [1.807, 2.05) is 0 Å². The molecule has 2 aromatic carbocycles. The van der Waals surface area contributed by atoms with Crippen LogP contribution in [0.2, 0.25) is 0 Å². The molecular formula is C31H44F2O4. The molecule has 0 saturated carbocycles. The summed E-state index contributed by atoms with van der Waals surface area (Å²) in [6, 6.07) is 9.28. The number of benzene rings is 2. The predicted molar refractivity (Wildman–Crippen MR) is 145 cm³/mol. The van der Waals surface area contributed by atoms with E-state index in [2.05, 4.69) is 20.8 Å². The van der Waals surface area contributed by atoms with Gasteiger partial charge in [-0.15, -0.1) is 0 Å². The Kier molecular flexibility index (Phi) is 14.7. The van der Waals surface area contributed by atoms with Crippen LogP contribution in [0.3, 0.4) is 0 Å². The van der Waals surface area contributed by atoms with Gasteiger partial charge in [-0.1, -0.05) is 97.1 Å². The lowest BCUT2D eigenvalue weighted by molar-refractivity contribution is 0.0714. The van der Waals surface area contributed by atoms with Gasteiger partial charge in [-0.05, 0) is 43.5 Å². The maximum Gasteiger partial charge on any atom is 0.346 e. The van der Waals surface area contributed by atoms with Crippen LogP contribution in [0.15, 0.2) is 36.4 Å². The zero-order chi connectivity index (χ0) is 26.9. The van der Waals surface area contributed by atoms with Gasteiger partial charge in [-0.25, -0.2) is 9.18 Å². The number of halogens is 2. The highest BCUT2D eigenvalue weighted by Crippen LogP contribution is 2.31. The third kappa shape index (κ3) is 10.7. The number of rotatable bonds is 19. The average Bonchev–Trinajstić information content (AvgIpc) is 2.89. The van der Waals surface area contributed by atoms with E-state index in [-0.39, 0.29) is 17.6 Å². The van der Waals surface area contributed by atoms with Crippen LogP contribution in [0.5, 0.6) is 17.2 Å². The van der Waals surface area contributed by atoms with Gasteiger partial charge in [-0.3, -0.25) is 0 Å². The van der Waals surface area contributed by atoms with E-state index in [4.69, 9.17) is 14.2 Å². The predicted octanol–water partition coefficient (Wildman–Crippen LogP) is 9.44. The highest BCUT2D eigenvalue weighted by molar-refractivity contribution is 5.91. The molecule has 0 aliphatic carbocycles. The standard InChI is InChI=1S/C31H44F2O4/c1-4-7-9-10-11-12-13-16-23-35-28-22-21-25(29(32)30(28)33)31(34)37-27-20-15-14-19-26(27)36-24(17-6-3)18-8-5-2/h14-15,19-22,24H,4-13,16-18,23H2,1-3H3. The molecule has 206 valence electrons. The van der Waals surface area contributed by atoms with Crippen molar-refractivity contribution in [3.8, 4) is 17.2 Å². The maximum absolute atomic E-state index is 14.8. The molecule has 0 amide bonds. The molecule has 0 aliphatic rings. The van der Waals surface area contributed by atoms with E-state index in [1.165, 1.54) is 44.2 Å². The minimum atomic E-state index is -1.27. The van der Waals surface area contributed by atoms with E-state index >= 15 is 0 Å². The van der Waals surface area contributed by atoms with Gasteiger partial charge in [0.05, 0.1) is 18.3 Å². The lowest BCUT2D eigenvalue weighted by Crippen LogP contribution is -2.18. The molecule has 0 spiro atoms. The summed E-state index contributed by atoms with van der Waals surface area (Å²) < 4.78 is 46.4. The first-order valence-corrected chi connectivity index (χ1v) is 14.1. The number of para-hydroxylation sites is 2. The molecule has 1 unspecified atom stereocenters. The van der Waals surface area contributed by atoms with Crippen molar-refractivity contribution in [2.75, 3.05) is 6.61 Å². The van der Waals surface area contributed by atoms with Gasteiger partial charge >= 0.3 is 5.97 Å². The SMILES string of the molecule is CCCCCCCCCCOc1ccc(C(=O)Oc2ccccc2OC(CCC)CCCC)c(F)c1F. The van der Waals surface area contributed by atoms with Crippen molar-refractivity contribution in [3.05, 3.63) is 53.6 Å². The second-order valence-corrected chi connectivity index (χ2v) is 9.57. The Balaban J connectivity index is 1.94. The molecule has 0 bridgehead atoms.